The van der Waals surface area contributed by atoms with Crippen LogP contribution in [0.25, 0.3) is 16.9 Å². The molecule has 3 aromatic rings. The Morgan fingerprint density at radius 2 is 1.65 bits per heavy atom. The average molecular weight is 265 g/mol. The van der Waals surface area contributed by atoms with Crippen LogP contribution in [0.1, 0.15) is 11.1 Å². The van der Waals surface area contributed by atoms with Gasteiger partial charge in [-0.05, 0) is 37.1 Å². The van der Waals surface area contributed by atoms with Crippen LogP contribution in [0.2, 0.25) is 0 Å². The fraction of sp³-hybridized carbons (Fsp3) is 0.133. The molecule has 20 heavy (non-hydrogen) atoms. The lowest BCUT2D eigenvalue weighted by Crippen LogP contribution is -2.06. The van der Waals surface area contributed by atoms with Crippen molar-refractivity contribution in [1.82, 2.24) is 20.0 Å². The summed E-state index contributed by atoms with van der Waals surface area (Å²) in [5, 5.41) is 8.41. The minimum Gasteiger partial charge on any atom is -0.382 e. The molecule has 0 atom stereocenters. The number of aromatic nitrogens is 4. The summed E-state index contributed by atoms with van der Waals surface area (Å²) in [5.74, 6) is 0.536. The SMILES string of the molecule is Cc1cccc(C)c1-n1nnc(-c2ccncc2)c1N. The van der Waals surface area contributed by atoms with Gasteiger partial charge in [0.2, 0.25) is 0 Å². The monoisotopic (exact) mass is 265 g/mol. The van der Waals surface area contributed by atoms with Crippen LogP contribution >= 0.6 is 0 Å². The molecule has 3 rings (SSSR count). The maximum atomic E-state index is 6.22. The topological polar surface area (TPSA) is 69.6 Å². The molecule has 5 nitrogen and oxygen atoms in total. The molecule has 0 unspecified atom stereocenters. The van der Waals surface area contributed by atoms with Gasteiger partial charge >= 0.3 is 0 Å². The fourth-order valence-corrected chi connectivity index (χ4v) is 2.31. The van der Waals surface area contributed by atoms with Crippen molar-refractivity contribution in [3.05, 3.63) is 53.9 Å². The van der Waals surface area contributed by atoms with Crippen molar-refractivity contribution in [3.63, 3.8) is 0 Å². The molecule has 1 aromatic carbocycles. The highest BCUT2D eigenvalue weighted by atomic mass is 15.5. The Hall–Kier alpha value is -2.69. The van der Waals surface area contributed by atoms with Crippen molar-refractivity contribution in [2.45, 2.75) is 13.8 Å². The molecule has 2 N–H and O–H groups in total. The number of nitrogens with two attached hydrogens (primary N) is 1. The molecule has 0 amide bonds. The maximum Gasteiger partial charge on any atom is 0.155 e. The second-order valence-corrected chi connectivity index (χ2v) is 4.71. The van der Waals surface area contributed by atoms with Gasteiger partial charge in [0.15, 0.2) is 5.82 Å². The first kappa shape index (κ1) is 12.3. The Kier molecular flexibility index (Phi) is 2.95. The number of benzene rings is 1. The van der Waals surface area contributed by atoms with E-state index in [1.807, 2.05) is 44.2 Å². The summed E-state index contributed by atoms with van der Waals surface area (Å²) in [5.41, 5.74) is 11.0. The van der Waals surface area contributed by atoms with Gasteiger partial charge in [0.05, 0.1) is 5.69 Å². The minimum absolute atomic E-state index is 0.536. The van der Waals surface area contributed by atoms with E-state index in [2.05, 4.69) is 15.3 Å². The fourth-order valence-electron chi connectivity index (χ4n) is 2.31. The lowest BCUT2D eigenvalue weighted by molar-refractivity contribution is 0.801. The lowest BCUT2D eigenvalue weighted by Gasteiger charge is -2.10. The van der Waals surface area contributed by atoms with Gasteiger partial charge in [-0.1, -0.05) is 23.4 Å². The molecule has 2 heterocycles. The zero-order valence-corrected chi connectivity index (χ0v) is 11.4. The van der Waals surface area contributed by atoms with Crippen LogP contribution < -0.4 is 5.73 Å². The Bertz CT molecular complexity index is 726. The largest absolute Gasteiger partial charge is 0.382 e. The van der Waals surface area contributed by atoms with E-state index in [1.54, 1.807) is 17.1 Å². The minimum atomic E-state index is 0.536. The first-order chi connectivity index (χ1) is 9.68. The number of anilines is 1. The van der Waals surface area contributed by atoms with Crippen molar-refractivity contribution >= 4 is 5.82 Å². The molecule has 2 aromatic heterocycles. The molecule has 0 radical (unpaired) electrons. The Morgan fingerprint density at radius 3 is 2.30 bits per heavy atom. The predicted octanol–water partition coefficient (Wildman–Crippen LogP) is 2.53. The normalized spacial score (nSPS) is 10.7. The van der Waals surface area contributed by atoms with E-state index in [0.29, 0.717) is 11.5 Å². The third-order valence-corrected chi connectivity index (χ3v) is 3.31. The maximum absolute atomic E-state index is 6.22. The van der Waals surface area contributed by atoms with Crippen molar-refractivity contribution in [2.24, 2.45) is 0 Å². The molecular weight excluding hydrogens is 250 g/mol. The zero-order chi connectivity index (χ0) is 14.1. The van der Waals surface area contributed by atoms with Crippen LogP contribution in [-0.4, -0.2) is 20.0 Å². The highest BCUT2D eigenvalue weighted by Gasteiger charge is 2.15. The van der Waals surface area contributed by atoms with E-state index in [-0.39, 0.29) is 0 Å². The van der Waals surface area contributed by atoms with Crippen LogP contribution in [-0.2, 0) is 0 Å². The van der Waals surface area contributed by atoms with Gasteiger partial charge in [0, 0.05) is 18.0 Å². The number of nitrogens with zero attached hydrogens (tertiary/aromatic N) is 4. The first-order valence-corrected chi connectivity index (χ1v) is 6.36. The number of rotatable bonds is 2. The second-order valence-electron chi connectivity index (χ2n) is 4.71. The van der Waals surface area contributed by atoms with Gasteiger partial charge in [-0.2, -0.15) is 4.68 Å². The summed E-state index contributed by atoms with van der Waals surface area (Å²) in [6, 6.07) is 9.83. The molecule has 0 saturated heterocycles. The standard InChI is InChI=1S/C15H15N5/c1-10-4-3-5-11(2)14(10)20-15(16)13(18-19-20)12-6-8-17-9-7-12/h3-9H,16H2,1-2H3. The van der Waals surface area contributed by atoms with Gasteiger partial charge in [-0.25, -0.2) is 0 Å². The van der Waals surface area contributed by atoms with Crippen molar-refractivity contribution in [2.75, 3.05) is 5.73 Å². The van der Waals surface area contributed by atoms with Gasteiger partial charge < -0.3 is 5.73 Å². The second kappa shape index (κ2) is 4.77. The number of hydrogen-bond acceptors (Lipinski definition) is 4. The van der Waals surface area contributed by atoms with E-state index >= 15 is 0 Å². The first-order valence-electron chi connectivity index (χ1n) is 6.36. The van der Waals surface area contributed by atoms with E-state index in [4.69, 9.17) is 5.73 Å². The third kappa shape index (κ3) is 1.93. The smallest absolute Gasteiger partial charge is 0.155 e. The summed E-state index contributed by atoms with van der Waals surface area (Å²) in [4.78, 5) is 4.00. The summed E-state index contributed by atoms with van der Waals surface area (Å²) in [6.07, 6.45) is 3.43. The van der Waals surface area contributed by atoms with E-state index in [9.17, 15) is 0 Å². The van der Waals surface area contributed by atoms with Crippen LogP contribution in [0.15, 0.2) is 42.7 Å². The molecule has 5 heteroatoms. The van der Waals surface area contributed by atoms with E-state index < -0.39 is 0 Å². The summed E-state index contributed by atoms with van der Waals surface area (Å²) in [6.45, 7) is 4.07. The van der Waals surface area contributed by atoms with Crippen LogP contribution in [0.5, 0.6) is 0 Å². The third-order valence-electron chi connectivity index (χ3n) is 3.31. The van der Waals surface area contributed by atoms with Gasteiger partial charge in [-0.3, -0.25) is 4.98 Å². The molecule has 0 aliphatic heterocycles. The summed E-state index contributed by atoms with van der Waals surface area (Å²) < 4.78 is 1.69. The van der Waals surface area contributed by atoms with E-state index in [0.717, 1.165) is 22.4 Å². The van der Waals surface area contributed by atoms with Crippen molar-refractivity contribution in [1.29, 1.82) is 0 Å². The van der Waals surface area contributed by atoms with Gasteiger partial charge in [0.1, 0.15) is 5.69 Å². The molecule has 100 valence electrons. The Labute approximate surface area is 117 Å². The highest BCUT2D eigenvalue weighted by molar-refractivity contribution is 5.71. The molecular formula is C15H15N5. The summed E-state index contributed by atoms with van der Waals surface area (Å²) in [7, 11) is 0. The molecule has 0 fully saturated rings. The highest BCUT2D eigenvalue weighted by Crippen LogP contribution is 2.27. The van der Waals surface area contributed by atoms with Gasteiger partial charge in [-0.15, -0.1) is 5.10 Å². The zero-order valence-electron chi connectivity index (χ0n) is 11.4. The van der Waals surface area contributed by atoms with Crippen molar-refractivity contribution in [3.8, 4) is 16.9 Å². The molecule has 0 aliphatic carbocycles. The molecule has 0 bridgehead atoms. The predicted molar refractivity (Wildman–Crippen MR) is 78.5 cm³/mol. The van der Waals surface area contributed by atoms with E-state index in [1.165, 1.54) is 0 Å². The van der Waals surface area contributed by atoms with Crippen LogP contribution in [0, 0.1) is 13.8 Å². The summed E-state index contributed by atoms with van der Waals surface area (Å²) >= 11 is 0. The quantitative estimate of drug-likeness (QED) is 0.773. The van der Waals surface area contributed by atoms with Crippen molar-refractivity contribution < 1.29 is 0 Å². The molecule has 0 spiro atoms. The molecule has 0 aliphatic rings. The number of para-hydroxylation sites is 1. The number of nitrogen functional groups attached to an aromatic ring is 1. The lowest BCUT2D eigenvalue weighted by atomic mass is 10.1. The van der Waals surface area contributed by atoms with Crippen LogP contribution in [0.3, 0.4) is 0 Å². The average Bonchev–Trinajstić information content (AvgIpc) is 2.82. The molecule has 0 saturated carbocycles. The van der Waals surface area contributed by atoms with Gasteiger partial charge in [0.25, 0.3) is 0 Å². The number of hydrogen-bond donors (Lipinski definition) is 1. The number of pyridine rings is 1. The Balaban J connectivity index is 2.17. The number of aryl methyl sites for hydroxylation is 2. The van der Waals surface area contributed by atoms with Crippen LogP contribution in [0.4, 0.5) is 5.82 Å². The Morgan fingerprint density at radius 1 is 1.00 bits per heavy atom.